The van der Waals surface area contributed by atoms with Crippen LogP contribution in [0.25, 0.3) is 21.5 Å². The van der Waals surface area contributed by atoms with E-state index in [1.54, 1.807) is 30.7 Å². The lowest BCUT2D eigenvalue weighted by molar-refractivity contribution is -0.145. The number of para-hydroxylation sites is 1. The number of fused-ring (bicyclic) bond motifs is 1. The summed E-state index contributed by atoms with van der Waals surface area (Å²) in [6, 6.07) is 21.4. The number of carboxylic acid groups (broad SMARTS) is 1. The van der Waals surface area contributed by atoms with Crippen molar-refractivity contribution in [2.24, 2.45) is 0 Å². The number of alkyl halides is 3. The number of aromatic nitrogens is 2. The van der Waals surface area contributed by atoms with Crippen LogP contribution in [0.1, 0.15) is 30.0 Å². The Labute approximate surface area is 232 Å². The molecule has 0 aliphatic heterocycles. The van der Waals surface area contributed by atoms with Crippen LogP contribution in [0.4, 0.5) is 13.2 Å². The second-order valence-corrected chi connectivity index (χ2v) is 10.7. The lowest BCUT2D eigenvalue weighted by Crippen LogP contribution is -2.34. The molecule has 2 aromatic heterocycles. The number of ether oxygens (including phenoxy) is 2. The van der Waals surface area contributed by atoms with Crippen molar-refractivity contribution in [2.75, 3.05) is 0 Å². The minimum atomic E-state index is -4.42. The van der Waals surface area contributed by atoms with E-state index < -0.39 is 23.2 Å². The summed E-state index contributed by atoms with van der Waals surface area (Å²) in [6.07, 6.45) is -2.68. The van der Waals surface area contributed by atoms with Crippen molar-refractivity contribution in [3.8, 4) is 22.1 Å². The molecule has 0 fully saturated rings. The Hall–Kier alpha value is -4.31. The third-order valence-corrected chi connectivity index (χ3v) is 7.63. The second-order valence-electron chi connectivity index (χ2n) is 9.62. The van der Waals surface area contributed by atoms with Crippen LogP contribution in [-0.2, 0) is 29.7 Å². The molecule has 0 radical (unpaired) electrons. The summed E-state index contributed by atoms with van der Waals surface area (Å²) in [7, 11) is 0. The van der Waals surface area contributed by atoms with E-state index in [4.69, 9.17) is 9.47 Å². The molecule has 0 saturated carbocycles. The molecule has 0 spiro atoms. The topological polar surface area (TPSA) is 73.6 Å². The first kappa shape index (κ1) is 27.3. The van der Waals surface area contributed by atoms with E-state index in [1.807, 2.05) is 48.5 Å². The first-order valence-electron chi connectivity index (χ1n) is 12.3. The number of carbonyl (C=O) groups is 1. The molecule has 0 aliphatic carbocycles. The summed E-state index contributed by atoms with van der Waals surface area (Å²) < 4.78 is 52.8. The van der Waals surface area contributed by atoms with Gasteiger partial charge in [-0.05, 0) is 62.4 Å². The quantitative estimate of drug-likeness (QED) is 0.197. The van der Waals surface area contributed by atoms with Crippen molar-refractivity contribution >= 4 is 28.2 Å². The van der Waals surface area contributed by atoms with Crippen LogP contribution in [0.5, 0.6) is 11.5 Å². The van der Waals surface area contributed by atoms with Gasteiger partial charge in [-0.1, -0.05) is 30.3 Å². The summed E-state index contributed by atoms with van der Waals surface area (Å²) in [6.45, 7) is 3.59. The molecule has 0 bridgehead atoms. The first-order chi connectivity index (χ1) is 19.0. The zero-order chi connectivity index (χ0) is 28.5. The van der Waals surface area contributed by atoms with Crippen molar-refractivity contribution in [3.63, 3.8) is 0 Å². The highest BCUT2D eigenvalue weighted by Crippen LogP contribution is 2.34. The van der Waals surface area contributed by atoms with Gasteiger partial charge in [-0.2, -0.15) is 13.2 Å². The van der Waals surface area contributed by atoms with Gasteiger partial charge in [-0.3, -0.25) is 0 Å². The molecule has 2 heterocycles. The number of aliphatic carboxylic acids is 1. The van der Waals surface area contributed by atoms with Gasteiger partial charge in [-0.15, -0.1) is 11.3 Å². The van der Waals surface area contributed by atoms with Crippen LogP contribution < -0.4 is 9.47 Å². The molecule has 0 amide bonds. The number of hydrogen-bond acceptors (Lipinski definition) is 5. The number of thiazole rings is 1. The largest absolute Gasteiger partial charge is 0.488 e. The maximum absolute atomic E-state index is 13.0. The van der Waals surface area contributed by atoms with Gasteiger partial charge in [-0.25, -0.2) is 9.78 Å². The summed E-state index contributed by atoms with van der Waals surface area (Å²) in [5.41, 5.74) is 0.113. The van der Waals surface area contributed by atoms with Gasteiger partial charge < -0.3 is 19.1 Å². The molecule has 40 heavy (non-hydrogen) atoms. The Balaban J connectivity index is 1.39. The third kappa shape index (κ3) is 5.67. The van der Waals surface area contributed by atoms with Gasteiger partial charge in [0, 0.05) is 22.7 Å². The number of carboxylic acids is 1. The van der Waals surface area contributed by atoms with Crippen LogP contribution in [0.3, 0.4) is 0 Å². The van der Waals surface area contributed by atoms with Crippen LogP contribution >= 0.6 is 11.3 Å². The summed E-state index contributed by atoms with van der Waals surface area (Å²) in [5.74, 6) is 0.306. The molecule has 5 rings (SSSR count). The number of benzene rings is 3. The maximum atomic E-state index is 13.0. The van der Waals surface area contributed by atoms with Gasteiger partial charge in [0.15, 0.2) is 0 Å². The molecule has 0 atom stereocenters. The van der Waals surface area contributed by atoms with Gasteiger partial charge in [0.1, 0.15) is 35.3 Å². The molecule has 0 saturated heterocycles. The Bertz CT molecular complexity index is 1640. The highest BCUT2D eigenvalue weighted by molar-refractivity contribution is 7.15. The van der Waals surface area contributed by atoms with E-state index >= 15 is 0 Å². The molecule has 1 N–H and O–H groups in total. The van der Waals surface area contributed by atoms with Gasteiger partial charge >= 0.3 is 12.1 Å². The molecular formula is C30H25F3N2O4S. The third-order valence-electron chi connectivity index (χ3n) is 6.51. The Kier molecular flexibility index (Phi) is 7.29. The number of nitrogens with zero attached hydrogens (tertiary/aromatic N) is 2. The average Bonchev–Trinajstić information content (AvgIpc) is 3.55. The maximum Gasteiger partial charge on any atom is 0.416 e. The van der Waals surface area contributed by atoms with E-state index in [9.17, 15) is 23.1 Å². The number of hydrogen-bond donors (Lipinski definition) is 1. The summed E-state index contributed by atoms with van der Waals surface area (Å²) in [5, 5.41) is 11.0. The molecule has 5 aromatic rings. The lowest BCUT2D eigenvalue weighted by atomic mass is 10.1. The standard InChI is InChI=1S/C30H25F3N2O4S/c1-29(2,28(36)37)35-15-14-20-16-23(12-13-25(20)35)39-18-26-24(17-38-22-6-4-3-5-7-22)34-27(40-26)19-8-10-21(11-9-19)30(31,32)33/h3-16H,17-18H2,1-2H3,(H,36,37). The normalized spacial score (nSPS) is 12.0. The van der Waals surface area contributed by atoms with Gasteiger partial charge in [0.25, 0.3) is 0 Å². The molecule has 0 aliphatic rings. The van der Waals surface area contributed by atoms with E-state index in [0.717, 1.165) is 27.9 Å². The zero-order valence-electron chi connectivity index (χ0n) is 21.6. The highest BCUT2D eigenvalue weighted by Gasteiger charge is 2.31. The minimum absolute atomic E-state index is 0.159. The predicted octanol–water partition coefficient (Wildman–Crippen LogP) is 7.76. The summed E-state index contributed by atoms with van der Waals surface area (Å²) in [4.78, 5) is 17.2. The summed E-state index contributed by atoms with van der Waals surface area (Å²) >= 11 is 1.33. The van der Waals surface area contributed by atoms with Crippen LogP contribution in [0.15, 0.2) is 85.1 Å². The van der Waals surface area contributed by atoms with Crippen LogP contribution in [0.2, 0.25) is 0 Å². The lowest BCUT2D eigenvalue weighted by Gasteiger charge is -2.23. The van der Waals surface area contributed by atoms with Crippen molar-refractivity contribution in [1.82, 2.24) is 9.55 Å². The molecule has 6 nitrogen and oxygen atoms in total. The Morgan fingerprint density at radius 2 is 1.62 bits per heavy atom. The van der Waals surface area contributed by atoms with Gasteiger partial charge in [0.05, 0.1) is 16.1 Å². The minimum Gasteiger partial charge on any atom is -0.488 e. The van der Waals surface area contributed by atoms with E-state index in [1.165, 1.54) is 23.5 Å². The number of halogens is 3. The molecule has 3 aromatic carbocycles. The highest BCUT2D eigenvalue weighted by atomic mass is 32.1. The fourth-order valence-electron chi connectivity index (χ4n) is 4.15. The SMILES string of the molecule is CC(C)(C(=O)O)n1ccc2cc(OCc3sc(-c4ccc(C(F)(F)F)cc4)nc3COc3ccccc3)ccc21. The molecule has 206 valence electrons. The van der Waals surface area contributed by atoms with Crippen LogP contribution in [0, 0.1) is 0 Å². The zero-order valence-corrected chi connectivity index (χ0v) is 22.4. The molecule has 10 heteroatoms. The number of rotatable bonds is 9. The predicted molar refractivity (Wildman–Crippen MR) is 147 cm³/mol. The Morgan fingerprint density at radius 3 is 2.30 bits per heavy atom. The smallest absolute Gasteiger partial charge is 0.416 e. The first-order valence-corrected chi connectivity index (χ1v) is 13.2. The second kappa shape index (κ2) is 10.7. The molecular weight excluding hydrogens is 541 g/mol. The van der Waals surface area contributed by atoms with Gasteiger partial charge in [0.2, 0.25) is 0 Å². The average molecular weight is 567 g/mol. The van der Waals surface area contributed by atoms with Crippen molar-refractivity contribution in [2.45, 2.75) is 38.8 Å². The van der Waals surface area contributed by atoms with Crippen LogP contribution in [-0.4, -0.2) is 20.6 Å². The molecule has 0 unspecified atom stereocenters. The van der Waals surface area contributed by atoms with Crippen molar-refractivity contribution < 1.29 is 32.5 Å². The van der Waals surface area contributed by atoms with E-state index in [0.29, 0.717) is 27.8 Å². The van der Waals surface area contributed by atoms with Crippen molar-refractivity contribution in [1.29, 1.82) is 0 Å². The Morgan fingerprint density at radius 1 is 0.925 bits per heavy atom. The van der Waals surface area contributed by atoms with E-state index in [2.05, 4.69) is 4.98 Å². The van der Waals surface area contributed by atoms with E-state index in [-0.39, 0.29) is 13.2 Å². The fourth-order valence-corrected chi connectivity index (χ4v) is 5.14. The fraction of sp³-hybridized carbons (Fsp3) is 0.200. The van der Waals surface area contributed by atoms with Crippen molar-refractivity contribution in [3.05, 3.63) is 101 Å². The monoisotopic (exact) mass is 566 g/mol.